The summed E-state index contributed by atoms with van der Waals surface area (Å²) in [7, 11) is 7.72. The third-order valence-electron chi connectivity index (χ3n) is 26.5. The highest BCUT2D eigenvalue weighted by atomic mass is 32.1. The maximum Gasteiger partial charge on any atom is 0.323 e. The number of hydrogen-bond acceptors (Lipinski definition) is 21. The number of hydrogen-bond donors (Lipinski definition) is 12. The number of carbonyl (C=O) groups excluding carboxylic acids is 16. The van der Waals surface area contributed by atoms with Crippen molar-refractivity contribution in [2.75, 3.05) is 61.7 Å². The molecule has 8 fully saturated rings. The van der Waals surface area contributed by atoms with E-state index in [0.29, 0.717) is 91.9 Å². The Labute approximate surface area is 800 Å². The summed E-state index contributed by atoms with van der Waals surface area (Å²) < 4.78 is 20.8. The molecule has 1 unspecified atom stereocenters. The number of urea groups is 4. The molecule has 20 rings (SSSR count). The molecule has 20 amide bonds. The highest BCUT2D eigenvalue weighted by Crippen LogP contribution is 2.50. The molecule has 704 valence electrons. The molecule has 0 radical (unpaired) electrons. The minimum Gasteiger partial charge on any atom is -0.497 e. The minimum atomic E-state index is -1.61. The highest BCUT2D eigenvalue weighted by Gasteiger charge is 2.55. The van der Waals surface area contributed by atoms with Gasteiger partial charge in [-0.2, -0.15) is 0 Å². The van der Waals surface area contributed by atoms with Crippen LogP contribution in [0.25, 0.3) is 0 Å². The number of rotatable bonds is 18. The molecule has 36 nitrogen and oxygen atoms in total. The molecule has 13 N–H and O–H groups in total. The lowest BCUT2D eigenvalue weighted by Crippen LogP contribution is -2.54. The standard InChI is InChI=1S/C26H22N4O5S.C26H24N4O5.2C25H22N4O5/c1-25(20(36)12-21(31)28-25)17-6-3-15(4-7-17)9-10-26(23(33)27-24(34)29-26)14-30-13-16-5-8-18(35-2)11-19(16)22(30)32;1-27-22(32)25(11-12-25)18-6-3-16(4-7-18)9-10-26(23(33)28-24(34)29-26)15-30-14-17-5-8-19(35-2)13-20(17)21(30)31;1-34-18-7-4-16-13-29(20(30)19(16)12-18)14-25(22(32)27-23(33)28-25)9-8-15-2-5-17(6-3-15)24(10-11-24)21(26)31;1-34-18-7-6-17-13-29(22(31)19(17)12-18)14-25(23(32)27-24(33)28-25)11-10-15-2-4-16(5-3-15)20-8-9-21(30)26-20/h3-8,11H,12-14H2,1-2H3,(H,28,31)(H2,27,29,33,34);3-8,13H,11-12,14-15H2,1-2H3,(H,27,32)(H2,28,29,33,34);2-7,12H,10-11,13-14H2,1H3,(H2,26,31)(H2,27,28,32,33);2-7,12,20H,8-9,13-14H2,1H3,(H,26,30)(H2,27,28,32,33)/t25?,26-;26-;25-;20-,25-/m1111/s1. The molecule has 2 saturated carbocycles. The van der Waals surface area contributed by atoms with Gasteiger partial charge in [0.25, 0.3) is 47.3 Å². The van der Waals surface area contributed by atoms with Gasteiger partial charge in [-0.3, -0.25) is 78.8 Å². The summed E-state index contributed by atoms with van der Waals surface area (Å²) in [4.78, 5) is 205. The zero-order valence-electron chi connectivity index (χ0n) is 75.8. The van der Waals surface area contributed by atoms with Gasteiger partial charge >= 0.3 is 24.1 Å². The van der Waals surface area contributed by atoms with Crippen LogP contribution in [0.1, 0.15) is 166 Å². The average molecular weight is 1890 g/mol. The van der Waals surface area contributed by atoms with Crippen LogP contribution in [0.3, 0.4) is 0 Å². The lowest BCUT2D eigenvalue weighted by molar-refractivity contribution is -0.123. The van der Waals surface area contributed by atoms with E-state index in [1.165, 1.54) is 48.0 Å². The second-order valence-electron chi connectivity index (χ2n) is 35.4. The van der Waals surface area contributed by atoms with Crippen LogP contribution in [0.15, 0.2) is 170 Å². The summed E-state index contributed by atoms with van der Waals surface area (Å²) in [5, 5.41) is 27.9. The molecule has 0 spiro atoms. The quantitative estimate of drug-likeness (QED) is 0.0320. The van der Waals surface area contributed by atoms with Crippen LogP contribution < -0.4 is 83.2 Å². The maximum atomic E-state index is 13.0. The Hall–Kier alpha value is -17.2. The number of primary amides is 1. The molecule has 0 bridgehead atoms. The molecule has 12 aliphatic rings. The largest absolute Gasteiger partial charge is 0.497 e. The van der Waals surface area contributed by atoms with E-state index in [1.54, 1.807) is 128 Å². The Balaban J connectivity index is 0.000000128. The number of imide groups is 4. The van der Waals surface area contributed by atoms with E-state index >= 15 is 0 Å². The lowest BCUT2D eigenvalue weighted by atomic mass is 9.89. The van der Waals surface area contributed by atoms with Gasteiger partial charge in [-0.1, -0.05) is 132 Å². The molecule has 6 atom stereocenters. The van der Waals surface area contributed by atoms with Crippen molar-refractivity contribution >= 4 is 112 Å². The monoisotopic (exact) mass is 1890 g/mol. The van der Waals surface area contributed by atoms with E-state index in [4.69, 9.17) is 36.9 Å². The van der Waals surface area contributed by atoms with Crippen LogP contribution >= 0.6 is 12.2 Å². The van der Waals surface area contributed by atoms with Crippen molar-refractivity contribution in [2.45, 2.75) is 123 Å². The van der Waals surface area contributed by atoms with E-state index in [0.717, 1.165) is 76.6 Å². The van der Waals surface area contributed by atoms with Gasteiger partial charge in [0.15, 0.2) is 0 Å². The summed E-state index contributed by atoms with van der Waals surface area (Å²) >= 11 is 5.39. The van der Waals surface area contributed by atoms with Gasteiger partial charge in [-0.15, -0.1) is 0 Å². The molecule has 8 aromatic carbocycles. The number of nitrogens with zero attached hydrogens (tertiary/aromatic N) is 4. The van der Waals surface area contributed by atoms with Crippen LogP contribution in [0.4, 0.5) is 19.2 Å². The molecule has 2 aliphatic carbocycles. The summed E-state index contributed by atoms with van der Waals surface area (Å²) in [6, 6.07) is 47.2. The van der Waals surface area contributed by atoms with E-state index in [-0.39, 0.29) is 99.0 Å². The number of likely N-dealkylation sites (N-methyl/N-ethyl adjacent to an activating group) is 1. The first kappa shape index (κ1) is 93.6. The third kappa shape index (κ3) is 18.4. The van der Waals surface area contributed by atoms with Crippen molar-refractivity contribution in [3.05, 3.63) is 259 Å². The molecule has 10 heterocycles. The highest BCUT2D eigenvalue weighted by molar-refractivity contribution is 7.80. The van der Waals surface area contributed by atoms with Gasteiger partial charge in [0.2, 0.25) is 45.8 Å². The fourth-order valence-electron chi connectivity index (χ4n) is 18.2. The fraction of sp³-hybridized carbons (Fsp3) is 0.284. The zero-order chi connectivity index (χ0) is 98.4. The first-order chi connectivity index (χ1) is 66.6. The van der Waals surface area contributed by atoms with E-state index in [9.17, 15) is 76.7 Å². The van der Waals surface area contributed by atoms with Crippen molar-refractivity contribution < 1.29 is 95.7 Å². The van der Waals surface area contributed by atoms with Crippen LogP contribution in [-0.2, 0) is 80.9 Å². The van der Waals surface area contributed by atoms with Crippen molar-refractivity contribution in [2.24, 2.45) is 5.73 Å². The fourth-order valence-corrected chi connectivity index (χ4v) is 18.5. The SMILES string of the molecule is CNC(=O)C1(c2ccc(C#C[C@]3(CN4Cc5ccc(OC)cc5C4=O)NC(=O)NC3=O)cc2)CC1.COc1ccc2c(c1)C(=O)N(C[C@@]1(C#Cc3ccc(C4(C(N)=O)CC4)cc3)NC(=O)NC1=O)C2.COc1ccc2c(c1)C(=O)N(C[C@@]1(C#Cc3ccc(C4(C)NC(=O)CC4=S)cc3)NC(=O)NC1=O)C2.COc1ccc2c(c1)C(=O)N(C[C@@]1(C#Cc3ccc([C@H]4CCC(=O)N4)cc3)NC(=O)NC1=O)C2. The van der Waals surface area contributed by atoms with Gasteiger partial charge in [0.05, 0.1) is 83.4 Å². The van der Waals surface area contributed by atoms with Crippen LogP contribution in [0.5, 0.6) is 23.0 Å². The Morgan fingerprint density at radius 1 is 0.403 bits per heavy atom. The van der Waals surface area contributed by atoms with Crippen molar-refractivity contribution in [1.29, 1.82) is 0 Å². The predicted molar refractivity (Wildman–Crippen MR) is 500 cm³/mol. The number of nitrogens with one attached hydrogen (secondary N) is 11. The Kier molecular flexibility index (Phi) is 24.8. The topological polar surface area (TPSA) is 481 Å². The summed E-state index contributed by atoms with van der Waals surface area (Å²) in [6.45, 7) is 2.58. The Morgan fingerprint density at radius 2 is 0.698 bits per heavy atom. The average Bonchev–Trinajstić information content (AvgIpc) is 1.61. The van der Waals surface area contributed by atoms with Crippen LogP contribution in [-0.4, -0.2) is 203 Å². The first-order valence-electron chi connectivity index (χ1n) is 44.2. The number of methoxy groups -OCH3 is 4. The maximum absolute atomic E-state index is 13.0. The second-order valence-corrected chi connectivity index (χ2v) is 35.9. The van der Waals surface area contributed by atoms with Gasteiger partial charge in [-0.25, -0.2) is 19.2 Å². The predicted octanol–water partition coefficient (Wildman–Crippen LogP) is 4.47. The molecular weight excluding hydrogens is 1800 g/mol. The van der Waals surface area contributed by atoms with E-state index < -0.39 is 86.3 Å². The summed E-state index contributed by atoms with van der Waals surface area (Å²) in [5.41, 5.74) is 8.58. The molecule has 37 heteroatoms. The minimum absolute atomic E-state index is 0.00507. The van der Waals surface area contributed by atoms with E-state index in [1.807, 2.05) is 55.5 Å². The van der Waals surface area contributed by atoms with Crippen molar-refractivity contribution in [3.63, 3.8) is 0 Å². The van der Waals surface area contributed by atoms with Crippen molar-refractivity contribution in [1.82, 2.24) is 78.1 Å². The van der Waals surface area contributed by atoms with Gasteiger partial charge in [-0.05, 0) is 181 Å². The summed E-state index contributed by atoms with van der Waals surface area (Å²) in [6.07, 6.45) is 4.50. The number of benzene rings is 8. The number of fused-ring (bicyclic) bond motifs is 4. The normalized spacial score (nSPS) is 22.7. The van der Waals surface area contributed by atoms with Crippen molar-refractivity contribution in [3.8, 4) is 70.4 Å². The molecule has 0 aromatic heterocycles. The Bertz CT molecular complexity index is 6950. The smallest absolute Gasteiger partial charge is 0.323 e. The van der Waals surface area contributed by atoms with Gasteiger partial charge < -0.3 is 81.5 Å². The second kappa shape index (κ2) is 36.9. The molecule has 8 aromatic rings. The third-order valence-corrected chi connectivity index (χ3v) is 27.0. The molecule has 6 saturated heterocycles. The van der Waals surface area contributed by atoms with Crippen LogP contribution in [0.2, 0.25) is 0 Å². The van der Waals surface area contributed by atoms with Crippen LogP contribution in [0, 0.1) is 47.4 Å². The molecule has 139 heavy (non-hydrogen) atoms. The Morgan fingerprint density at radius 3 is 0.942 bits per heavy atom. The number of ether oxygens (including phenoxy) is 4. The van der Waals surface area contributed by atoms with E-state index in [2.05, 4.69) is 106 Å². The number of thiocarbonyl (C=S) groups is 1. The first-order valence-corrected chi connectivity index (χ1v) is 44.6. The van der Waals surface area contributed by atoms with Gasteiger partial charge in [0.1, 0.15) is 23.0 Å². The molecular formula is C102H90N16O20S. The summed E-state index contributed by atoms with van der Waals surface area (Å²) in [5.74, 6) is 21.7. The molecule has 10 aliphatic heterocycles. The number of nitrogens with two attached hydrogens (primary N) is 1. The lowest BCUT2D eigenvalue weighted by Gasteiger charge is -2.26. The number of carbonyl (C=O) groups is 16. The number of amides is 20. The van der Waals surface area contributed by atoms with Gasteiger partial charge in [0, 0.05) is 89.0 Å². The zero-order valence-corrected chi connectivity index (χ0v) is 76.6.